The van der Waals surface area contributed by atoms with Crippen LogP contribution in [-0.4, -0.2) is 12.5 Å². The van der Waals surface area contributed by atoms with E-state index in [9.17, 15) is 4.79 Å². The smallest absolute Gasteiger partial charge is 0.227 e. The lowest BCUT2D eigenvalue weighted by Gasteiger charge is -2.17. The lowest BCUT2D eigenvalue weighted by atomic mass is 9.93. The number of carbonyl (C=O) groups is 1. The molecule has 3 heteroatoms. The zero-order valence-corrected chi connectivity index (χ0v) is 11.7. The Kier molecular flexibility index (Phi) is 4.28. The van der Waals surface area contributed by atoms with Crippen molar-refractivity contribution >= 4 is 17.5 Å². The molecule has 1 fully saturated rings. The number of halogens is 1. The van der Waals surface area contributed by atoms with E-state index in [2.05, 4.69) is 19.2 Å². The Bertz CT molecular complexity index is 409. The number of nitrogens with one attached hydrogen (secondary N) is 1. The fourth-order valence-corrected chi connectivity index (χ4v) is 2.28. The Labute approximate surface area is 114 Å². The predicted octanol–water partition coefficient (Wildman–Crippen LogP) is 3.61. The molecule has 1 aliphatic carbocycles. The molecular formula is C15H20ClNO. The minimum atomic E-state index is 0.000941. The van der Waals surface area contributed by atoms with Gasteiger partial charge in [-0.15, -0.1) is 0 Å². The summed E-state index contributed by atoms with van der Waals surface area (Å²) in [5.41, 5.74) is 1.09. The zero-order valence-electron chi connectivity index (χ0n) is 10.9. The van der Waals surface area contributed by atoms with E-state index in [0.717, 1.165) is 30.0 Å². The second-order valence-corrected chi connectivity index (χ2v) is 5.94. The van der Waals surface area contributed by atoms with Gasteiger partial charge in [0.1, 0.15) is 0 Å². The molecule has 0 radical (unpaired) electrons. The van der Waals surface area contributed by atoms with Crippen LogP contribution in [0.25, 0.3) is 0 Å². The Morgan fingerprint density at radius 3 is 2.44 bits per heavy atom. The summed E-state index contributed by atoms with van der Waals surface area (Å²) in [5, 5.41) is 3.76. The van der Waals surface area contributed by atoms with Crippen LogP contribution in [0.1, 0.15) is 38.2 Å². The summed E-state index contributed by atoms with van der Waals surface area (Å²) < 4.78 is 0. The standard InChI is InChI=1S/C15H20ClNO/c1-10(2)9-17-15(18)14(11-3-4-11)12-5-7-13(16)8-6-12/h5-8,10-11,14H,3-4,9H2,1-2H3,(H,17,18). The van der Waals surface area contributed by atoms with Gasteiger partial charge >= 0.3 is 0 Å². The van der Waals surface area contributed by atoms with Crippen molar-refractivity contribution in [2.75, 3.05) is 6.54 Å². The van der Waals surface area contributed by atoms with Gasteiger partial charge < -0.3 is 5.32 Å². The van der Waals surface area contributed by atoms with Gasteiger partial charge in [-0.3, -0.25) is 4.79 Å². The molecule has 0 spiro atoms. The second-order valence-electron chi connectivity index (χ2n) is 5.51. The van der Waals surface area contributed by atoms with Crippen molar-refractivity contribution in [3.05, 3.63) is 34.9 Å². The normalized spacial score (nSPS) is 16.7. The van der Waals surface area contributed by atoms with Gasteiger partial charge in [0, 0.05) is 11.6 Å². The van der Waals surface area contributed by atoms with Crippen LogP contribution in [0.5, 0.6) is 0 Å². The number of amides is 1. The van der Waals surface area contributed by atoms with E-state index in [4.69, 9.17) is 11.6 Å². The van der Waals surface area contributed by atoms with E-state index in [0.29, 0.717) is 11.8 Å². The van der Waals surface area contributed by atoms with E-state index in [1.165, 1.54) is 0 Å². The molecule has 0 heterocycles. The van der Waals surface area contributed by atoms with Crippen molar-refractivity contribution in [1.82, 2.24) is 5.32 Å². The van der Waals surface area contributed by atoms with Crippen LogP contribution in [0.4, 0.5) is 0 Å². The number of rotatable bonds is 5. The van der Waals surface area contributed by atoms with Gasteiger partial charge in [-0.25, -0.2) is 0 Å². The number of carbonyl (C=O) groups excluding carboxylic acids is 1. The van der Waals surface area contributed by atoms with Gasteiger partial charge in [-0.2, -0.15) is 0 Å². The van der Waals surface area contributed by atoms with Crippen LogP contribution in [0.3, 0.4) is 0 Å². The highest BCUT2D eigenvalue weighted by atomic mass is 35.5. The van der Waals surface area contributed by atoms with Gasteiger partial charge in [-0.1, -0.05) is 37.6 Å². The quantitative estimate of drug-likeness (QED) is 0.866. The van der Waals surface area contributed by atoms with Gasteiger partial charge in [0.05, 0.1) is 5.92 Å². The topological polar surface area (TPSA) is 29.1 Å². The highest BCUT2D eigenvalue weighted by Crippen LogP contribution is 2.42. The van der Waals surface area contributed by atoms with Crippen LogP contribution < -0.4 is 5.32 Å². The molecule has 0 saturated heterocycles. The Morgan fingerprint density at radius 2 is 1.94 bits per heavy atom. The maximum atomic E-state index is 12.3. The number of hydrogen-bond acceptors (Lipinski definition) is 1. The van der Waals surface area contributed by atoms with Crippen LogP contribution in [-0.2, 0) is 4.79 Å². The van der Waals surface area contributed by atoms with Gasteiger partial charge in [0.25, 0.3) is 0 Å². The molecule has 1 N–H and O–H groups in total. The average molecular weight is 266 g/mol. The van der Waals surface area contributed by atoms with Crippen molar-refractivity contribution in [1.29, 1.82) is 0 Å². The SMILES string of the molecule is CC(C)CNC(=O)C(c1ccc(Cl)cc1)C1CC1. The van der Waals surface area contributed by atoms with E-state index in [1.807, 2.05) is 24.3 Å². The summed E-state index contributed by atoms with van der Waals surface area (Å²) in [6, 6.07) is 7.67. The monoisotopic (exact) mass is 265 g/mol. The molecule has 2 rings (SSSR count). The summed E-state index contributed by atoms with van der Waals surface area (Å²) in [6.07, 6.45) is 2.31. The maximum absolute atomic E-state index is 12.3. The molecule has 1 aromatic carbocycles. The molecular weight excluding hydrogens is 246 g/mol. The van der Waals surface area contributed by atoms with E-state index >= 15 is 0 Å². The minimum Gasteiger partial charge on any atom is -0.355 e. The maximum Gasteiger partial charge on any atom is 0.227 e. The molecule has 0 bridgehead atoms. The fraction of sp³-hybridized carbons (Fsp3) is 0.533. The Balaban J connectivity index is 2.08. The number of benzene rings is 1. The molecule has 98 valence electrons. The molecule has 1 atom stereocenters. The third-order valence-corrected chi connectivity index (χ3v) is 3.54. The summed E-state index contributed by atoms with van der Waals surface area (Å²) in [5.74, 6) is 1.16. The van der Waals surface area contributed by atoms with Crippen LogP contribution in [0.15, 0.2) is 24.3 Å². The highest BCUT2D eigenvalue weighted by molar-refractivity contribution is 6.30. The summed E-state index contributed by atoms with van der Waals surface area (Å²) >= 11 is 5.89. The van der Waals surface area contributed by atoms with Gasteiger partial charge in [0.15, 0.2) is 0 Å². The first-order valence-corrected chi connectivity index (χ1v) is 6.99. The van der Waals surface area contributed by atoms with Crippen LogP contribution >= 0.6 is 11.6 Å². The van der Waals surface area contributed by atoms with Crippen molar-refractivity contribution in [2.45, 2.75) is 32.6 Å². The Hall–Kier alpha value is -1.02. The first-order valence-electron chi connectivity index (χ1n) is 6.61. The lowest BCUT2D eigenvalue weighted by Crippen LogP contribution is -2.33. The van der Waals surface area contributed by atoms with Crippen LogP contribution in [0, 0.1) is 11.8 Å². The molecule has 1 amide bonds. The molecule has 1 saturated carbocycles. The third kappa shape index (κ3) is 3.49. The van der Waals surface area contributed by atoms with Gasteiger partial charge in [0.2, 0.25) is 5.91 Å². The molecule has 1 aromatic rings. The van der Waals surface area contributed by atoms with Crippen molar-refractivity contribution in [3.8, 4) is 0 Å². The largest absolute Gasteiger partial charge is 0.355 e. The van der Waals surface area contributed by atoms with Crippen molar-refractivity contribution in [2.24, 2.45) is 11.8 Å². The van der Waals surface area contributed by atoms with E-state index in [1.54, 1.807) is 0 Å². The first kappa shape index (κ1) is 13.4. The fourth-order valence-electron chi connectivity index (χ4n) is 2.15. The molecule has 2 nitrogen and oxygen atoms in total. The minimum absolute atomic E-state index is 0.000941. The van der Waals surface area contributed by atoms with E-state index in [-0.39, 0.29) is 11.8 Å². The predicted molar refractivity (Wildman–Crippen MR) is 74.8 cm³/mol. The molecule has 18 heavy (non-hydrogen) atoms. The first-order chi connectivity index (χ1) is 8.58. The highest BCUT2D eigenvalue weighted by Gasteiger charge is 2.37. The Morgan fingerprint density at radius 1 is 1.33 bits per heavy atom. The molecule has 0 aliphatic heterocycles. The third-order valence-electron chi connectivity index (χ3n) is 3.29. The molecule has 0 aromatic heterocycles. The summed E-state index contributed by atoms with van der Waals surface area (Å²) in [7, 11) is 0. The van der Waals surface area contributed by atoms with E-state index < -0.39 is 0 Å². The molecule has 1 unspecified atom stereocenters. The second kappa shape index (κ2) is 5.75. The number of hydrogen-bond donors (Lipinski definition) is 1. The zero-order chi connectivity index (χ0) is 13.1. The average Bonchev–Trinajstić information content (AvgIpc) is 3.14. The van der Waals surface area contributed by atoms with Gasteiger partial charge in [-0.05, 0) is 42.4 Å². The summed E-state index contributed by atoms with van der Waals surface area (Å²) in [6.45, 7) is 4.96. The van der Waals surface area contributed by atoms with Crippen molar-refractivity contribution in [3.63, 3.8) is 0 Å². The summed E-state index contributed by atoms with van der Waals surface area (Å²) in [4.78, 5) is 12.3. The van der Waals surface area contributed by atoms with Crippen molar-refractivity contribution < 1.29 is 4.79 Å². The van der Waals surface area contributed by atoms with Crippen LogP contribution in [0.2, 0.25) is 5.02 Å². The molecule has 1 aliphatic rings. The lowest BCUT2D eigenvalue weighted by molar-refractivity contribution is -0.123.